The molecular formula is C14H16N2O2S. The number of ether oxygens (including phenoxy) is 1. The molecule has 1 amide bonds. The summed E-state index contributed by atoms with van der Waals surface area (Å²) in [5, 5.41) is 4.58. The van der Waals surface area contributed by atoms with Crippen LogP contribution >= 0.6 is 11.3 Å². The Morgan fingerprint density at radius 2 is 2.21 bits per heavy atom. The van der Waals surface area contributed by atoms with Gasteiger partial charge in [0.05, 0.1) is 11.6 Å². The summed E-state index contributed by atoms with van der Waals surface area (Å²) in [5.74, 6) is -0.165. The maximum Gasteiger partial charge on any atom is 0.270 e. The summed E-state index contributed by atoms with van der Waals surface area (Å²) in [7, 11) is 0. The highest BCUT2D eigenvalue weighted by Crippen LogP contribution is 2.16. The van der Waals surface area contributed by atoms with E-state index in [1.54, 1.807) is 10.9 Å². The molecule has 1 aromatic carbocycles. The van der Waals surface area contributed by atoms with Crippen LogP contribution < -0.4 is 5.32 Å². The second kappa shape index (κ2) is 7.01. The van der Waals surface area contributed by atoms with Crippen molar-refractivity contribution in [2.45, 2.75) is 13.0 Å². The molecule has 1 unspecified atom stereocenters. The van der Waals surface area contributed by atoms with Crippen molar-refractivity contribution >= 4 is 17.2 Å². The van der Waals surface area contributed by atoms with E-state index in [4.69, 9.17) is 4.74 Å². The Kier molecular flexibility index (Phi) is 5.06. The van der Waals surface area contributed by atoms with E-state index in [-0.39, 0.29) is 12.0 Å². The number of amides is 1. The maximum absolute atomic E-state index is 11.8. The van der Waals surface area contributed by atoms with Crippen LogP contribution in [0, 0.1) is 0 Å². The van der Waals surface area contributed by atoms with Gasteiger partial charge < -0.3 is 10.1 Å². The minimum atomic E-state index is -0.165. The normalized spacial score (nSPS) is 12.1. The van der Waals surface area contributed by atoms with Crippen molar-refractivity contribution in [1.82, 2.24) is 10.3 Å². The molecule has 19 heavy (non-hydrogen) atoms. The van der Waals surface area contributed by atoms with Crippen molar-refractivity contribution in [2.75, 3.05) is 13.2 Å². The van der Waals surface area contributed by atoms with Gasteiger partial charge >= 0.3 is 0 Å². The van der Waals surface area contributed by atoms with Crippen molar-refractivity contribution in [2.24, 2.45) is 0 Å². The molecule has 0 aliphatic carbocycles. The average Bonchev–Trinajstić information content (AvgIpc) is 2.98. The Morgan fingerprint density at radius 3 is 2.84 bits per heavy atom. The zero-order chi connectivity index (χ0) is 13.5. The number of nitrogens with one attached hydrogen (secondary N) is 1. The third kappa shape index (κ3) is 3.87. The van der Waals surface area contributed by atoms with Crippen LogP contribution in [0.3, 0.4) is 0 Å². The summed E-state index contributed by atoms with van der Waals surface area (Å²) in [5.41, 5.74) is 3.16. The van der Waals surface area contributed by atoms with E-state index in [2.05, 4.69) is 10.3 Å². The number of carbonyl (C=O) groups is 1. The van der Waals surface area contributed by atoms with E-state index in [0.717, 1.165) is 5.56 Å². The van der Waals surface area contributed by atoms with Gasteiger partial charge in [-0.3, -0.25) is 4.79 Å². The molecule has 4 nitrogen and oxygen atoms in total. The SMILES string of the molecule is CCOC(CNC(=O)c1cscn1)c1ccccc1. The van der Waals surface area contributed by atoms with Crippen molar-refractivity contribution in [3.8, 4) is 0 Å². The van der Waals surface area contributed by atoms with E-state index in [1.807, 2.05) is 37.3 Å². The smallest absolute Gasteiger partial charge is 0.270 e. The highest BCUT2D eigenvalue weighted by molar-refractivity contribution is 7.07. The molecule has 0 spiro atoms. The minimum absolute atomic E-state index is 0.131. The second-order valence-electron chi connectivity index (χ2n) is 3.94. The van der Waals surface area contributed by atoms with Gasteiger partial charge in [0, 0.05) is 18.5 Å². The largest absolute Gasteiger partial charge is 0.372 e. The minimum Gasteiger partial charge on any atom is -0.372 e. The first kappa shape index (κ1) is 13.7. The van der Waals surface area contributed by atoms with Gasteiger partial charge in [-0.15, -0.1) is 11.3 Å². The third-order valence-corrected chi connectivity index (χ3v) is 3.24. The lowest BCUT2D eigenvalue weighted by Gasteiger charge is -2.17. The van der Waals surface area contributed by atoms with Gasteiger partial charge in [-0.1, -0.05) is 30.3 Å². The van der Waals surface area contributed by atoms with Crippen molar-refractivity contribution in [1.29, 1.82) is 0 Å². The van der Waals surface area contributed by atoms with Gasteiger partial charge in [0.15, 0.2) is 0 Å². The summed E-state index contributed by atoms with van der Waals surface area (Å²) in [6.45, 7) is 2.98. The van der Waals surface area contributed by atoms with Crippen LogP contribution in [0.1, 0.15) is 29.1 Å². The number of hydrogen-bond donors (Lipinski definition) is 1. The fraction of sp³-hybridized carbons (Fsp3) is 0.286. The van der Waals surface area contributed by atoms with Crippen LogP contribution in [0.15, 0.2) is 41.2 Å². The van der Waals surface area contributed by atoms with Gasteiger partial charge in [-0.05, 0) is 12.5 Å². The van der Waals surface area contributed by atoms with Gasteiger partial charge in [0.25, 0.3) is 5.91 Å². The third-order valence-electron chi connectivity index (χ3n) is 2.65. The number of aromatic nitrogens is 1. The predicted molar refractivity (Wildman–Crippen MR) is 75.3 cm³/mol. The first-order valence-electron chi connectivity index (χ1n) is 6.14. The highest BCUT2D eigenvalue weighted by atomic mass is 32.1. The summed E-state index contributed by atoms with van der Waals surface area (Å²) in [6, 6.07) is 9.87. The van der Waals surface area contributed by atoms with Crippen molar-refractivity contribution < 1.29 is 9.53 Å². The lowest BCUT2D eigenvalue weighted by atomic mass is 10.1. The van der Waals surface area contributed by atoms with Crippen LogP contribution in [-0.2, 0) is 4.74 Å². The molecule has 2 rings (SSSR count). The number of rotatable bonds is 6. The molecule has 0 bridgehead atoms. The number of thiazole rings is 1. The lowest BCUT2D eigenvalue weighted by molar-refractivity contribution is 0.0585. The zero-order valence-corrected chi connectivity index (χ0v) is 11.5. The monoisotopic (exact) mass is 276 g/mol. The zero-order valence-electron chi connectivity index (χ0n) is 10.7. The van der Waals surface area contributed by atoms with E-state index >= 15 is 0 Å². The van der Waals surface area contributed by atoms with Gasteiger partial charge in [-0.2, -0.15) is 0 Å². The highest BCUT2D eigenvalue weighted by Gasteiger charge is 2.14. The first-order valence-corrected chi connectivity index (χ1v) is 7.08. The lowest BCUT2D eigenvalue weighted by Crippen LogP contribution is -2.29. The van der Waals surface area contributed by atoms with Crippen molar-refractivity contribution in [3.63, 3.8) is 0 Å². The molecule has 1 atom stereocenters. The number of hydrogen-bond acceptors (Lipinski definition) is 4. The molecule has 0 radical (unpaired) electrons. The Hall–Kier alpha value is -1.72. The second-order valence-corrected chi connectivity index (χ2v) is 4.66. The molecular weight excluding hydrogens is 260 g/mol. The van der Waals surface area contributed by atoms with E-state index in [1.165, 1.54) is 11.3 Å². The Morgan fingerprint density at radius 1 is 1.42 bits per heavy atom. The van der Waals surface area contributed by atoms with Crippen LogP contribution in [0.2, 0.25) is 0 Å². The number of carbonyl (C=O) groups excluding carboxylic acids is 1. The van der Waals surface area contributed by atoms with E-state index in [0.29, 0.717) is 18.8 Å². The molecule has 1 heterocycles. The molecule has 1 N–H and O–H groups in total. The Labute approximate surface area is 116 Å². The van der Waals surface area contributed by atoms with E-state index < -0.39 is 0 Å². The molecule has 2 aromatic rings. The number of benzene rings is 1. The number of nitrogens with zero attached hydrogens (tertiary/aromatic N) is 1. The van der Waals surface area contributed by atoms with Crippen LogP contribution in [0.4, 0.5) is 0 Å². The van der Waals surface area contributed by atoms with Gasteiger partial charge in [-0.25, -0.2) is 4.98 Å². The Balaban J connectivity index is 1.96. The predicted octanol–water partition coefficient (Wildman–Crippen LogP) is 2.65. The molecule has 1 aromatic heterocycles. The molecule has 5 heteroatoms. The summed E-state index contributed by atoms with van der Waals surface area (Å²) in [6.07, 6.45) is -0.131. The fourth-order valence-corrected chi connectivity index (χ4v) is 2.27. The van der Waals surface area contributed by atoms with Crippen LogP contribution in [0.5, 0.6) is 0 Å². The fourth-order valence-electron chi connectivity index (χ4n) is 1.74. The molecule has 0 fully saturated rings. The van der Waals surface area contributed by atoms with Crippen LogP contribution in [-0.4, -0.2) is 24.0 Å². The molecule has 0 aliphatic rings. The average molecular weight is 276 g/mol. The summed E-state index contributed by atoms with van der Waals surface area (Å²) >= 11 is 1.41. The standard InChI is InChI=1S/C14H16N2O2S/c1-2-18-13(11-6-4-3-5-7-11)8-15-14(17)12-9-19-10-16-12/h3-7,9-10,13H,2,8H2,1H3,(H,15,17). The molecule has 100 valence electrons. The molecule has 0 saturated carbocycles. The van der Waals surface area contributed by atoms with Gasteiger partial charge in [0.1, 0.15) is 5.69 Å². The van der Waals surface area contributed by atoms with Crippen molar-refractivity contribution in [3.05, 3.63) is 52.5 Å². The van der Waals surface area contributed by atoms with Crippen LogP contribution in [0.25, 0.3) is 0 Å². The van der Waals surface area contributed by atoms with E-state index in [9.17, 15) is 4.79 Å². The topological polar surface area (TPSA) is 51.2 Å². The first-order chi connectivity index (χ1) is 9.31. The quantitative estimate of drug-likeness (QED) is 0.882. The summed E-state index contributed by atoms with van der Waals surface area (Å²) in [4.78, 5) is 15.8. The summed E-state index contributed by atoms with van der Waals surface area (Å²) < 4.78 is 5.66. The molecule has 0 aliphatic heterocycles. The molecule has 0 saturated heterocycles. The van der Waals surface area contributed by atoms with Gasteiger partial charge in [0.2, 0.25) is 0 Å². The maximum atomic E-state index is 11.8. The Bertz CT molecular complexity index is 499.